The quantitative estimate of drug-likeness (QED) is 0.842. The molecule has 1 saturated heterocycles. The van der Waals surface area contributed by atoms with Crippen LogP contribution in [0, 0.1) is 5.92 Å². The van der Waals surface area contributed by atoms with Crippen molar-refractivity contribution in [1.82, 2.24) is 5.32 Å². The van der Waals surface area contributed by atoms with Gasteiger partial charge in [-0.15, -0.1) is 0 Å². The van der Waals surface area contributed by atoms with E-state index in [1.165, 1.54) is 0 Å². The van der Waals surface area contributed by atoms with Gasteiger partial charge in [0.15, 0.2) is 0 Å². The summed E-state index contributed by atoms with van der Waals surface area (Å²) in [4.78, 5) is 22.5. The molecule has 0 atom stereocenters. The van der Waals surface area contributed by atoms with E-state index in [1.807, 2.05) is 0 Å². The van der Waals surface area contributed by atoms with Crippen LogP contribution in [0.1, 0.15) is 41.6 Å². The van der Waals surface area contributed by atoms with Crippen LogP contribution in [0.3, 0.4) is 0 Å². The molecule has 1 aromatic rings. The monoisotopic (exact) mass is 291 g/mol. The summed E-state index contributed by atoms with van der Waals surface area (Å²) in [5.41, 5.74) is 1.16. The third-order valence-corrected chi connectivity index (χ3v) is 3.81. The maximum absolute atomic E-state index is 11.8. The zero-order valence-corrected chi connectivity index (χ0v) is 12.0. The van der Waals surface area contributed by atoms with E-state index in [0.29, 0.717) is 18.9 Å². The van der Waals surface area contributed by atoms with Gasteiger partial charge in [0.1, 0.15) is 0 Å². The van der Waals surface area contributed by atoms with Gasteiger partial charge in [0.2, 0.25) is 5.91 Å². The lowest BCUT2D eigenvalue weighted by molar-refractivity contribution is -0.121. The molecule has 0 spiro atoms. The number of benzene rings is 1. The zero-order chi connectivity index (χ0) is 15.1. The predicted octanol–water partition coefficient (Wildman–Crippen LogP) is 2.21. The van der Waals surface area contributed by atoms with Crippen molar-refractivity contribution in [2.24, 2.45) is 5.92 Å². The van der Waals surface area contributed by atoms with E-state index in [4.69, 9.17) is 9.84 Å². The molecular weight excluding hydrogens is 270 g/mol. The van der Waals surface area contributed by atoms with Crippen molar-refractivity contribution in [1.29, 1.82) is 0 Å². The molecule has 0 saturated carbocycles. The van der Waals surface area contributed by atoms with Crippen LogP contribution in [0.15, 0.2) is 24.3 Å². The van der Waals surface area contributed by atoms with Gasteiger partial charge in [-0.2, -0.15) is 0 Å². The molecule has 21 heavy (non-hydrogen) atoms. The Labute approximate surface area is 124 Å². The second-order valence-electron chi connectivity index (χ2n) is 5.37. The Morgan fingerprint density at radius 2 is 1.86 bits per heavy atom. The van der Waals surface area contributed by atoms with Crippen LogP contribution in [0.5, 0.6) is 0 Å². The van der Waals surface area contributed by atoms with Crippen molar-refractivity contribution >= 4 is 11.9 Å². The molecule has 0 bridgehead atoms. The molecule has 0 radical (unpaired) electrons. The predicted molar refractivity (Wildman–Crippen MR) is 78.0 cm³/mol. The SMILES string of the molecule is O=C(CCC1CCOCC1)NCc1ccc(C(=O)O)cc1. The molecule has 2 N–H and O–H groups in total. The Bertz CT molecular complexity index is 478. The second kappa shape index (κ2) is 7.78. The number of carbonyl (C=O) groups excluding carboxylic acids is 1. The number of hydrogen-bond acceptors (Lipinski definition) is 3. The largest absolute Gasteiger partial charge is 0.478 e. The average molecular weight is 291 g/mol. The molecule has 1 aliphatic heterocycles. The van der Waals surface area contributed by atoms with Crippen LogP contribution in [0.4, 0.5) is 0 Å². The first-order valence-electron chi connectivity index (χ1n) is 7.32. The van der Waals surface area contributed by atoms with Crippen molar-refractivity contribution < 1.29 is 19.4 Å². The van der Waals surface area contributed by atoms with Gasteiger partial charge in [-0.1, -0.05) is 12.1 Å². The number of carboxylic acid groups (broad SMARTS) is 1. The molecular formula is C16H21NO4. The van der Waals surface area contributed by atoms with Gasteiger partial charge in [0.05, 0.1) is 5.56 Å². The summed E-state index contributed by atoms with van der Waals surface area (Å²) >= 11 is 0. The van der Waals surface area contributed by atoms with Gasteiger partial charge in [-0.05, 0) is 42.9 Å². The fourth-order valence-corrected chi connectivity index (χ4v) is 2.42. The van der Waals surface area contributed by atoms with E-state index in [9.17, 15) is 9.59 Å². The summed E-state index contributed by atoms with van der Waals surface area (Å²) in [5, 5.41) is 11.7. The number of aromatic carboxylic acids is 1. The van der Waals surface area contributed by atoms with E-state index in [0.717, 1.165) is 38.0 Å². The van der Waals surface area contributed by atoms with Crippen LogP contribution in [0.2, 0.25) is 0 Å². The topological polar surface area (TPSA) is 75.6 Å². The van der Waals surface area contributed by atoms with Gasteiger partial charge in [0.25, 0.3) is 0 Å². The van der Waals surface area contributed by atoms with Crippen molar-refractivity contribution in [2.45, 2.75) is 32.2 Å². The Balaban J connectivity index is 1.69. The third kappa shape index (κ3) is 5.19. The minimum absolute atomic E-state index is 0.0452. The first kappa shape index (κ1) is 15.5. The van der Waals surface area contributed by atoms with Crippen molar-refractivity contribution in [3.63, 3.8) is 0 Å². The van der Waals surface area contributed by atoms with Gasteiger partial charge in [-0.3, -0.25) is 4.79 Å². The first-order chi connectivity index (χ1) is 10.1. The molecule has 1 heterocycles. The highest BCUT2D eigenvalue weighted by molar-refractivity contribution is 5.87. The molecule has 0 aliphatic carbocycles. The molecule has 2 rings (SSSR count). The molecule has 1 aromatic carbocycles. The number of hydrogen-bond donors (Lipinski definition) is 2. The van der Waals surface area contributed by atoms with Crippen molar-refractivity contribution in [3.8, 4) is 0 Å². The Kier molecular flexibility index (Phi) is 5.75. The van der Waals surface area contributed by atoms with Crippen LogP contribution in [-0.2, 0) is 16.1 Å². The van der Waals surface area contributed by atoms with E-state index in [2.05, 4.69) is 5.32 Å². The molecule has 5 nitrogen and oxygen atoms in total. The maximum atomic E-state index is 11.8. The molecule has 114 valence electrons. The normalized spacial score (nSPS) is 15.6. The van der Waals surface area contributed by atoms with Crippen LogP contribution < -0.4 is 5.32 Å². The average Bonchev–Trinajstić information content (AvgIpc) is 2.52. The maximum Gasteiger partial charge on any atom is 0.335 e. The number of carboxylic acids is 1. The Hall–Kier alpha value is -1.88. The van der Waals surface area contributed by atoms with Crippen molar-refractivity contribution in [3.05, 3.63) is 35.4 Å². The fourth-order valence-electron chi connectivity index (χ4n) is 2.42. The Morgan fingerprint density at radius 3 is 2.48 bits per heavy atom. The number of nitrogens with one attached hydrogen (secondary N) is 1. The number of ether oxygens (including phenoxy) is 1. The summed E-state index contributed by atoms with van der Waals surface area (Å²) in [5.74, 6) is -0.301. The Morgan fingerprint density at radius 1 is 1.19 bits per heavy atom. The van der Waals surface area contributed by atoms with E-state index in [-0.39, 0.29) is 11.5 Å². The third-order valence-electron chi connectivity index (χ3n) is 3.81. The number of carbonyl (C=O) groups is 2. The highest BCUT2D eigenvalue weighted by Crippen LogP contribution is 2.19. The second-order valence-corrected chi connectivity index (χ2v) is 5.37. The van der Waals surface area contributed by atoms with Crippen molar-refractivity contribution in [2.75, 3.05) is 13.2 Å². The molecule has 0 unspecified atom stereocenters. The highest BCUT2D eigenvalue weighted by Gasteiger charge is 2.15. The summed E-state index contributed by atoms with van der Waals surface area (Å²) in [6.07, 6.45) is 3.54. The molecule has 0 aromatic heterocycles. The zero-order valence-electron chi connectivity index (χ0n) is 12.0. The van der Waals surface area contributed by atoms with Gasteiger partial charge in [0, 0.05) is 26.2 Å². The lowest BCUT2D eigenvalue weighted by Gasteiger charge is -2.21. The summed E-state index contributed by atoms with van der Waals surface area (Å²) in [6, 6.07) is 6.54. The summed E-state index contributed by atoms with van der Waals surface area (Å²) in [6.45, 7) is 2.05. The van der Waals surface area contributed by atoms with Gasteiger partial charge in [-0.25, -0.2) is 4.79 Å². The minimum atomic E-state index is -0.943. The number of rotatable bonds is 6. The first-order valence-corrected chi connectivity index (χ1v) is 7.32. The van der Waals surface area contributed by atoms with Crippen LogP contribution in [-0.4, -0.2) is 30.2 Å². The smallest absolute Gasteiger partial charge is 0.335 e. The summed E-state index contributed by atoms with van der Waals surface area (Å²) < 4.78 is 5.30. The standard InChI is InChI=1S/C16H21NO4/c18-15(6-3-12-7-9-21-10-8-12)17-11-13-1-4-14(5-2-13)16(19)20/h1-2,4-5,12H,3,6-11H2,(H,17,18)(H,19,20). The molecule has 1 amide bonds. The van der Waals surface area contributed by atoms with Crippen LogP contribution >= 0.6 is 0 Å². The van der Waals surface area contributed by atoms with E-state index >= 15 is 0 Å². The minimum Gasteiger partial charge on any atom is -0.478 e. The molecule has 1 fully saturated rings. The van der Waals surface area contributed by atoms with Gasteiger partial charge < -0.3 is 15.2 Å². The fraction of sp³-hybridized carbons (Fsp3) is 0.500. The lowest BCUT2D eigenvalue weighted by Crippen LogP contribution is -2.24. The van der Waals surface area contributed by atoms with Crippen LogP contribution in [0.25, 0.3) is 0 Å². The highest BCUT2D eigenvalue weighted by atomic mass is 16.5. The molecule has 5 heteroatoms. The number of amides is 1. The van der Waals surface area contributed by atoms with Gasteiger partial charge >= 0.3 is 5.97 Å². The summed E-state index contributed by atoms with van der Waals surface area (Å²) in [7, 11) is 0. The lowest BCUT2D eigenvalue weighted by atomic mass is 9.95. The van der Waals surface area contributed by atoms with E-state index in [1.54, 1.807) is 24.3 Å². The van der Waals surface area contributed by atoms with E-state index < -0.39 is 5.97 Å². The molecule has 1 aliphatic rings.